The first-order valence-corrected chi connectivity index (χ1v) is 15.5. The third kappa shape index (κ3) is 5.41. The summed E-state index contributed by atoms with van der Waals surface area (Å²) in [6.07, 6.45) is 17.0. The van der Waals surface area contributed by atoms with E-state index in [1.807, 2.05) is 0 Å². The van der Waals surface area contributed by atoms with Crippen molar-refractivity contribution in [3.63, 3.8) is 0 Å². The van der Waals surface area contributed by atoms with Gasteiger partial charge in [0.15, 0.2) is 0 Å². The Morgan fingerprint density at radius 3 is 1.74 bits per heavy atom. The van der Waals surface area contributed by atoms with Crippen LogP contribution in [0.2, 0.25) is 13.3 Å². The Kier molecular flexibility index (Phi) is 8.67. The van der Waals surface area contributed by atoms with Crippen molar-refractivity contribution < 1.29 is 0 Å². The molecule has 110 valence electrons. The van der Waals surface area contributed by atoms with Crippen molar-refractivity contribution in [3.8, 4) is 0 Å². The first-order chi connectivity index (χ1) is 9.29. The molecule has 0 aromatic heterocycles. The van der Waals surface area contributed by atoms with Crippen LogP contribution in [-0.2, 0) is 0 Å². The van der Waals surface area contributed by atoms with E-state index >= 15 is 0 Å². The SMILES string of the molecule is CCC[CH2][Sn]([CH2]CCC)([CH2]CCC)[N]1C=CC=CN1. The summed E-state index contributed by atoms with van der Waals surface area (Å²) in [6.45, 7) is 6.99. The molecule has 0 spiro atoms. The fraction of sp³-hybridized carbons (Fsp3) is 0.750. The normalized spacial score (nSPS) is 14.8. The Balaban J connectivity index is 2.80. The number of nitrogens with zero attached hydrogens (tertiary/aromatic N) is 1. The van der Waals surface area contributed by atoms with Crippen LogP contribution in [0.25, 0.3) is 0 Å². The molecule has 0 amide bonds. The maximum absolute atomic E-state index is 3.55. The zero-order valence-corrected chi connectivity index (χ0v) is 16.0. The summed E-state index contributed by atoms with van der Waals surface area (Å²) < 4.78 is 7.12. The van der Waals surface area contributed by atoms with E-state index in [1.54, 1.807) is 0 Å². The van der Waals surface area contributed by atoms with Crippen LogP contribution in [0.1, 0.15) is 59.3 Å². The molecule has 1 heterocycles. The van der Waals surface area contributed by atoms with E-state index < -0.39 is 18.7 Å². The Bertz CT molecular complexity index is 265. The van der Waals surface area contributed by atoms with Gasteiger partial charge in [-0.3, -0.25) is 0 Å². The number of hydrazine groups is 1. The van der Waals surface area contributed by atoms with Crippen LogP contribution in [0.3, 0.4) is 0 Å². The van der Waals surface area contributed by atoms with Crippen molar-refractivity contribution in [1.82, 2.24) is 8.66 Å². The van der Waals surface area contributed by atoms with E-state index in [-0.39, 0.29) is 0 Å². The summed E-state index contributed by atoms with van der Waals surface area (Å²) in [6, 6.07) is 0. The van der Waals surface area contributed by atoms with E-state index in [0.29, 0.717) is 0 Å². The van der Waals surface area contributed by atoms with Crippen molar-refractivity contribution in [1.29, 1.82) is 0 Å². The van der Waals surface area contributed by atoms with Gasteiger partial charge in [0.25, 0.3) is 0 Å². The van der Waals surface area contributed by atoms with Gasteiger partial charge < -0.3 is 0 Å². The van der Waals surface area contributed by atoms with E-state index in [0.717, 1.165) is 0 Å². The molecule has 3 heteroatoms. The fourth-order valence-electron chi connectivity index (χ4n) is 2.91. The molecule has 0 atom stereocenters. The number of rotatable bonds is 10. The molecule has 0 aliphatic carbocycles. The Morgan fingerprint density at radius 2 is 1.37 bits per heavy atom. The third-order valence-corrected chi connectivity index (χ3v) is 18.9. The van der Waals surface area contributed by atoms with Gasteiger partial charge in [0.2, 0.25) is 0 Å². The molecule has 19 heavy (non-hydrogen) atoms. The molecule has 1 N–H and O–H groups in total. The molecule has 0 fully saturated rings. The second-order valence-corrected chi connectivity index (χ2v) is 18.4. The maximum atomic E-state index is 3.55. The quantitative estimate of drug-likeness (QED) is 0.533. The van der Waals surface area contributed by atoms with Gasteiger partial charge in [0.05, 0.1) is 0 Å². The Morgan fingerprint density at radius 1 is 0.842 bits per heavy atom. The van der Waals surface area contributed by atoms with Gasteiger partial charge in [-0.15, -0.1) is 0 Å². The fourth-order valence-corrected chi connectivity index (χ4v) is 17.9. The summed E-state index contributed by atoms with van der Waals surface area (Å²) >= 11 is -2.23. The molecule has 0 aromatic rings. The first-order valence-electron chi connectivity index (χ1n) is 8.18. The summed E-state index contributed by atoms with van der Waals surface area (Å²) in [7, 11) is 0. The van der Waals surface area contributed by atoms with Crippen molar-refractivity contribution >= 4 is 18.7 Å². The zero-order chi connectivity index (χ0) is 14.0. The standard InChI is InChI=1S/C4H5N2.3C4H9.Sn/c1-2-4-6-5-3-1;3*1-3-4-2;/h1-5H;3*1,3-4H2,2H3;/q-1;;;;+1. The Hall–Kier alpha value is -0.121. The third-order valence-electron chi connectivity index (χ3n) is 4.15. The van der Waals surface area contributed by atoms with Gasteiger partial charge in [0, 0.05) is 0 Å². The number of hydrogen-bond donors (Lipinski definition) is 1. The molecule has 1 aliphatic heterocycles. The average Bonchev–Trinajstić information content (AvgIpc) is 2.48. The number of unbranched alkanes of at least 4 members (excludes halogenated alkanes) is 3. The van der Waals surface area contributed by atoms with E-state index in [4.69, 9.17) is 0 Å². The van der Waals surface area contributed by atoms with E-state index in [9.17, 15) is 0 Å². The second-order valence-electron chi connectivity index (χ2n) is 5.73. The molecule has 2 nitrogen and oxygen atoms in total. The Labute approximate surface area is 124 Å². The molecule has 0 bridgehead atoms. The monoisotopic (exact) mass is 372 g/mol. The van der Waals surface area contributed by atoms with Gasteiger partial charge in [0.1, 0.15) is 0 Å². The first kappa shape index (κ1) is 16.9. The predicted octanol–water partition coefficient (Wildman–Crippen LogP) is 5.18. The van der Waals surface area contributed by atoms with Crippen LogP contribution in [0.5, 0.6) is 0 Å². The minimum absolute atomic E-state index is 1.34. The minimum atomic E-state index is -2.23. The molecular weight excluding hydrogens is 339 g/mol. The van der Waals surface area contributed by atoms with Crippen LogP contribution in [-0.4, -0.2) is 21.9 Å². The summed E-state index contributed by atoms with van der Waals surface area (Å²) in [4.78, 5) is 0. The predicted molar refractivity (Wildman–Crippen MR) is 88.2 cm³/mol. The molecule has 0 unspecified atom stereocenters. The average molecular weight is 371 g/mol. The van der Waals surface area contributed by atoms with Crippen molar-refractivity contribution in [3.05, 3.63) is 24.6 Å². The molecule has 1 aliphatic rings. The number of nitrogens with one attached hydrogen (secondary N) is 1. The molecular formula is C16H32N2Sn. The van der Waals surface area contributed by atoms with Gasteiger partial charge in [-0.05, 0) is 0 Å². The van der Waals surface area contributed by atoms with Crippen LogP contribution in [0, 0.1) is 0 Å². The summed E-state index contributed by atoms with van der Waals surface area (Å²) in [5.41, 5.74) is 3.55. The van der Waals surface area contributed by atoms with Crippen LogP contribution >= 0.6 is 0 Å². The molecule has 0 aromatic carbocycles. The molecule has 1 rings (SSSR count). The van der Waals surface area contributed by atoms with Crippen molar-refractivity contribution in [2.45, 2.75) is 72.6 Å². The topological polar surface area (TPSA) is 15.3 Å². The molecule has 0 saturated carbocycles. The summed E-state index contributed by atoms with van der Waals surface area (Å²) in [5.74, 6) is 0. The van der Waals surface area contributed by atoms with Gasteiger partial charge in [-0.1, -0.05) is 0 Å². The second kappa shape index (κ2) is 9.73. The van der Waals surface area contributed by atoms with Gasteiger partial charge in [-0.2, -0.15) is 0 Å². The van der Waals surface area contributed by atoms with Gasteiger partial charge in [-0.25, -0.2) is 0 Å². The summed E-state index contributed by atoms with van der Waals surface area (Å²) in [5, 5.41) is 0. The number of hydrogen-bond acceptors (Lipinski definition) is 2. The van der Waals surface area contributed by atoms with E-state index in [2.05, 4.69) is 54.0 Å². The number of allylic oxidation sites excluding steroid dienone is 2. The van der Waals surface area contributed by atoms with E-state index in [1.165, 1.54) is 51.8 Å². The van der Waals surface area contributed by atoms with Gasteiger partial charge >= 0.3 is 124 Å². The van der Waals surface area contributed by atoms with Crippen molar-refractivity contribution in [2.75, 3.05) is 0 Å². The molecule has 0 radical (unpaired) electrons. The van der Waals surface area contributed by atoms with Crippen LogP contribution in [0.4, 0.5) is 0 Å². The molecule has 0 saturated heterocycles. The van der Waals surface area contributed by atoms with Crippen LogP contribution in [0.15, 0.2) is 24.6 Å². The van der Waals surface area contributed by atoms with Crippen molar-refractivity contribution in [2.24, 2.45) is 0 Å². The van der Waals surface area contributed by atoms with Crippen LogP contribution < -0.4 is 5.43 Å². The zero-order valence-electron chi connectivity index (χ0n) is 13.1.